The number of anilines is 3. The van der Waals surface area contributed by atoms with Gasteiger partial charge in [-0.05, 0) is 31.2 Å². The molecule has 0 aliphatic carbocycles. The molecule has 18 heavy (non-hydrogen) atoms. The van der Waals surface area contributed by atoms with Crippen LogP contribution in [-0.4, -0.2) is 11.5 Å². The van der Waals surface area contributed by atoms with Crippen LogP contribution in [0, 0.1) is 5.82 Å². The first-order valence-electron chi connectivity index (χ1n) is 5.60. The molecule has 2 aromatic rings. The monoisotopic (exact) mass is 309 g/mol. The Morgan fingerprint density at radius 1 is 1.22 bits per heavy atom. The first-order valence-corrected chi connectivity index (χ1v) is 6.39. The SMILES string of the molecule is CCNc1cncc(Nc2cc(Br)ccc2F)c1. The van der Waals surface area contributed by atoms with Crippen molar-refractivity contribution in [2.24, 2.45) is 0 Å². The number of rotatable bonds is 4. The molecule has 3 nitrogen and oxygen atoms in total. The van der Waals surface area contributed by atoms with Crippen molar-refractivity contribution in [3.63, 3.8) is 0 Å². The van der Waals surface area contributed by atoms with Crippen molar-refractivity contribution in [3.8, 4) is 0 Å². The number of halogens is 2. The summed E-state index contributed by atoms with van der Waals surface area (Å²) < 4.78 is 14.4. The van der Waals surface area contributed by atoms with Crippen LogP contribution < -0.4 is 10.6 Å². The quantitative estimate of drug-likeness (QED) is 0.890. The minimum atomic E-state index is -0.299. The van der Waals surface area contributed by atoms with E-state index in [4.69, 9.17) is 0 Å². The van der Waals surface area contributed by atoms with Crippen LogP contribution in [0.2, 0.25) is 0 Å². The fourth-order valence-corrected chi connectivity index (χ4v) is 1.92. The molecule has 0 radical (unpaired) electrons. The second kappa shape index (κ2) is 5.82. The minimum absolute atomic E-state index is 0.299. The van der Waals surface area contributed by atoms with E-state index in [-0.39, 0.29) is 5.82 Å². The lowest BCUT2D eigenvalue weighted by atomic mass is 10.3. The Hall–Kier alpha value is -1.62. The van der Waals surface area contributed by atoms with Crippen LogP contribution in [0.3, 0.4) is 0 Å². The highest BCUT2D eigenvalue weighted by atomic mass is 79.9. The van der Waals surface area contributed by atoms with Crippen LogP contribution in [0.15, 0.2) is 41.1 Å². The molecule has 0 bridgehead atoms. The Morgan fingerprint density at radius 3 is 2.78 bits per heavy atom. The average molecular weight is 310 g/mol. The lowest BCUT2D eigenvalue weighted by molar-refractivity contribution is 0.631. The highest BCUT2D eigenvalue weighted by Gasteiger charge is 2.04. The summed E-state index contributed by atoms with van der Waals surface area (Å²) in [4.78, 5) is 4.09. The Balaban J connectivity index is 2.22. The molecule has 0 atom stereocenters. The number of aromatic nitrogens is 1. The van der Waals surface area contributed by atoms with E-state index in [1.165, 1.54) is 6.07 Å². The second-order valence-corrected chi connectivity index (χ2v) is 4.66. The molecule has 2 N–H and O–H groups in total. The van der Waals surface area contributed by atoms with E-state index >= 15 is 0 Å². The van der Waals surface area contributed by atoms with Crippen LogP contribution in [-0.2, 0) is 0 Å². The molecule has 1 aromatic carbocycles. The lowest BCUT2D eigenvalue weighted by Gasteiger charge is -2.09. The molecule has 0 amide bonds. The van der Waals surface area contributed by atoms with Crippen LogP contribution in [0.4, 0.5) is 21.5 Å². The molecular weight excluding hydrogens is 297 g/mol. The van der Waals surface area contributed by atoms with Gasteiger partial charge in [0, 0.05) is 11.0 Å². The fourth-order valence-electron chi connectivity index (χ4n) is 1.56. The summed E-state index contributed by atoms with van der Waals surface area (Å²) in [5.74, 6) is -0.299. The Bertz CT molecular complexity index is 546. The minimum Gasteiger partial charge on any atom is -0.384 e. The molecule has 0 spiro atoms. The third-order valence-electron chi connectivity index (χ3n) is 2.33. The number of nitrogens with zero attached hydrogens (tertiary/aromatic N) is 1. The molecular formula is C13H13BrFN3. The zero-order chi connectivity index (χ0) is 13.0. The van der Waals surface area contributed by atoms with Crippen molar-refractivity contribution in [1.82, 2.24) is 4.98 Å². The maximum absolute atomic E-state index is 13.6. The topological polar surface area (TPSA) is 37.0 Å². The fraction of sp³-hybridized carbons (Fsp3) is 0.154. The molecule has 2 rings (SSSR count). The molecule has 0 saturated carbocycles. The molecule has 94 valence electrons. The largest absolute Gasteiger partial charge is 0.384 e. The van der Waals surface area contributed by atoms with Crippen LogP contribution in [0.1, 0.15) is 6.92 Å². The number of pyridine rings is 1. The summed E-state index contributed by atoms with van der Waals surface area (Å²) in [5.41, 5.74) is 2.06. The predicted molar refractivity (Wildman–Crippen MR) is 75.8 cm³/mol. The molecule has 0 unspecified atom stereocenters. The Labute approximate surface area is 114 Å². The van der Waals surface area contributed by atoms with E-state index in [0.717, 1.165) is 22.4 Å². The third kappa shape index (κ3) is 3.20. The summed E-state index contributed by atoms with van der Waals surface area (Å²) in [5, 5.41) is 6.16. The zero-order valence-electron chi connectivity index (χ0n) is 9.87. The molecule has 0 saturated heterocycles. The van der Waals surface area contributed by atoms with Gasteiger partial charge >= 0.3 is 0 Å². The highest BCUT2D eigenvalue weighted by molar-refractivity contribution is 9.10. The zero-order valence-corrected chi connectivity index (χ0v) is 11.5. The van der Waals surface area contributed by atoms with E-state index in [1.807, 2.05) is 13.0 Å². The smallest absolute Gasteiger partial charge is 0.146 e. The van der Waals surface area contributed by atoms with E-state index in [1.54, 1.807) is 24.5 Å². The van der Waals surface area contributed by atoms with Crippen molar-refractivity contribution in [1.29, 1.82) is 0 Å². The van der Waals surface area contributed by atoms with Crippen molar-refractivity contribution in [2.75, 3.05) is 17.2 Å². The first-order chi connectivity index (χ1) is 8.69. The molecule has 0 fully saturated rings. The lowest BCUT2D eigenvalue weighted by Crippen LogP contribution is -1.99. The number of benzene rings is 1. The molecule has 1 heterocycles. The summed E-state index contributed by atoms with van der Waals surface area (Å²) >= 11 is 3.31. The first kappa shape index (κ1) is 12.8. The molecule has 1 aromatic heterocycles. The maximum atomic E-state index is 13.6. The van der Waals surface area contributed by atoms with E-state index < -0.39 is 0 Å². The maximum Gasteiger partial charge on any atom is 0.146 e. The second-order valence-electron chi connectivity index (χ2n) is 3.74. The van der Waals surface area contributed by atoms with E-state index in [2.05, 4.69) is 31.5 Å². The van der Waals surface area contributed by atoms with Gasteiger partial charge in [-0.25, -0.2) is 4.39 Å². The van der Waals surface area contributed by atoms with Gasteiger partial charge in [0.05, 0.1) is 29.5 Å². The highest BCUT2D eigenvalue weighted by Crippen LogP contribution is 2.24. The number of hydrogen-bond acceptors (Lipinski definition) is 3. The summed E-state index contributed by atoms with van der Waals surface area (Å²) in [6, 6.07) is 6.65. The molecule has 5 heteroatoms. The van der Waals surface area contributed by atoms with Gasteiger partial charge < -0.3 is 10.6 Å². The normalized spacial score (nSPS) is 10.2. The van der Waals surface area contributed by atoms with Gasteiger partial charge in [-0.2, -0.15) is 0 Å². The van der Waals surface area contributed by atoms with Crippen molar-refractivity contribution in [3.05, 3.63) is 46.9 Å². The van der Waals surface area contributed by atoms with E-state index in [0.29, 0.717) is 5.69 Å². The predicted octanol–water partition coefficient (Wildman–Crippen LogP) is 4.16. The van der Waals surface area contributed by atoms with Crippen LogP contribution >= 0.6 is 15.9 Å². The van der Waals surface area contributed by atoms with Crippen molar-refractivity contribution >= 4 is 33.0 Å². The van der Waals surface area contributed by atoms with Crippen molar-refractivity contribution < 1.29 is 4.39 Å². The summed E-state index contributed by atoms with van der Waals surface area (Å²) in [6.07, 6.45) is 3.38. The van der Waals surface area contributed by atoms with E-state index in [9.17, 15) is 4.39 Å². The van der Waals surface area contributed by atoms with Gasteiger partial charge in [0.25, 0.3) is 0 Å². The van der Waals surface area contributed by atoms with Gasteiger partial charge in [0.15, 0.2) is 0 Å². The number of nitrogens with one attached hydrogen (secondary N) is 2. The summed E-state index contributed by atoms with van der Waals surface area (Å²) in [7, 11) is 0. The Morgan fingerprint density at radius 2 is 2.00 bits per heavy atom. The summed E-state index contributed by atoms with van der Waals surface area (Å²) in [6.45, 7) is 2.82. The number of hydrogen-bond donors (Lipinski definition) is 2. The van der Waals surface area contributed by atoms with Gasteiger partial charge in [-0.1, -0.05) is 15.9 Å². The Kier molecular flexibility index (Phi) is 4.15. The van der Waals surface area contributed by atoms with Crippen LogP contribution in [0.25, 0.3) is 0 Å². The average Bonchev–Trinajstić information content (AvgIpc) is 2.35. The van der Waals surface area contributed by atoms with Gasteiger partial charge in [-0.3, -0.25) is 4.98 Å². The van der Waals surface area contributed by atoms with Gasteiger partial charge in [0.1, 0.15) is 5.82 Å². The molecule has 0 aliphatic heterocycles. The van der Waals surface area contributed by atoms with Gasteiger partial charge in [-0.15, -0.1) is 0 Å². The molecule has 0 aliphatic rings. The standard InChI is InChI=1S/C13H13BrFN3/c1-2-17-10-6-11(8-16-7-10)18-13-5-9(14)3-4-12(13)15/h3-8,17-18H,2H2,1H3. The van der Waals surface area contributed by atoms with Gasteiger partial charge in [0.2, 0.25) is 0 Å². The van der Waals surface area contributed by atoms with Crippen LogP contribution in [0.5, 0.6) is 0 Å². The van der Waals surface area contributed by atoms with Crippen molar-refractivity contribution in [2.45, 2.75) is 6.92 Å². The third-order valence-corrected chi connectivity index (χ3v) is 2.82.